The van der Waals surface area contributed by atoms with Crippen molar-refractivity contribution in [1.29, 1.82) is 0 Å². The second-order valence-electron chi connectivity index (χ2n) is 15.2. The van der Waals surface area contributed by atoms with E-state index in [0.717, 1.165) is 50.1 Å². The highest BCUT2D eigenvalue weighted by Gasteiger charge is 2.20. The van der Waals surface area contributed by atoms with Crippen molar-refractivity contribution in [3.8, 4) is 62.1 Å². The highest BCUT2D eigenvalue weighted by Crippen LogP contribution is 2.40. The SMILES string of the molecule is c1ccc(-c2ccc(-c3nc(-c4ccccc4)nc(-c4ccc(-c5ccc6sc7cc8ccccc8cc7c6c5)cc4)n3)c(-n3c4ccccc4c4ccccc43)c2)cc1. The molecule has 0 saturated carbocycles. The van der Waals surface area contributed by atoms with Gasteiger partial charge in [0.25, 0.3) is 0 Å². The Morgan fingerprint density at radius 3 is 1.50 bits per heavy atom. The van der Waals surface area contributed by atoms with E-state index in [1.165, 1.54) is 47.3 Å². The fourth-order valence-electron chi connectivity index (χ4n) is 8.69. The monoisotopic (exact) mass is 782 g/mol. The van der Waals surface area contributed by atoms with Gasteiger partial charge in [-0.05, 0) is 81.6 Å². The zero-order valence-corrected chi connectivity index (χ0v) is 33.1. The highest BCUT2D eigenvalue weighted by atomic mass is 32.1. The summed E-state index contributed by atoms with van der Waals surface area (Å²) in [5, 5.41) is 7.53. The minimum Gasteiger partial charge on any atom is -0.308 e. The highest BCUT2D eigenvalue weighted by molar-refractivity contribution is 7.25. The second-order valence-corrected chi connectivity index (χ2v) is 16.3. The predicted octanol–water partition coefficient (Wildman–Crippen LogP) is 14.8. The van der Waals surface area contributed by atoms with Crippen LogP contribution < -0.4 is 0 Å². The van der Waals surface area contributed by atoms with Gasteiger partial charge in [0.15, 0.2) is 17.5 Å². The molecule has 0 unspecified atom stereocenters. The van der Waals surface area contributed by atoms with Crippen molar-refractivity contribution < 1.29 is 0 Å². The van der Waals surface area contributed by atoms with Gasteiger partial charge in [0.2, 0.25) is 0 Å². The first-order chi connectivity index (χ1) is 29.7. The third-order valence-corrected chi connectivity index (χ3v) is 12.8. The Hall–Kier alpha value is -7.73. The molecule has 0 fully saturated rings. The molecule has 0 saturated heterocycles. The van der Waals surface area contributed by atoms with Crippen molar-refractivity contribution in [3.05, 3.63) is 206 Å². The van der Waals surface area contributed by atoms with Gasteiger partial charge < -0.3 is 4.57 Å². The normalized spacial score (nSPS) is 11.7. The Balaban J connectivity index is 1.02. The molecule has 0 atom stereocenters. The molecule has 280 valence electrons. The first-order valence-corrected chi connectivity index (χ1v) is 21.0. The van der Waals surface area contributed by atoms with Gasteiger partial charge in [0, 0.05) is 47.6 Å². The van der Waals surface area contributed by atoms with Crippen molar-refractivity contribution in [1.82, 2.24) is 19.5 Å². The Morgan fingerprint density at radius 1 is 0.317 bits per heavy atom. The molecule has 9 aromatic carbocycles. The second kappa shape index (κ2) is 14.0. The predicted molar refractivity (Wildman–Crippen MR) is 252 cm³/mol. The van der Waals surface area contributed by atoms with Crippen LogP contribution in [0.1, 0.15) is 0 Å². The van der Waals surface area contributed by atoms with Crippen LogP contribution >= 0.6 is 11.3 Å². The Kier molecular flexibility index (Phi) is 8.00. The maximum Gasteiger partial charge on any atom is 0.166 e. The maximum absolute atomic E-state index is 5.29. The number of fused-ring (bicyclic) bond motifs is 7. The van der Waals surface area contributed by atoms with Crippen LogP contribution in [0.15, 0.2) is 206 Å². The van der Waals surface area contributed by atoms with Gasteiger partial charge in [0.05, 0.1) is 16.7 Å². The topological polar surface area (TPSA) is 43.6 Å². The molecule has 0 aliphatic carbocycles. The molecule has 5 heteroatoms. The summed E-state index contributed by atoms with van der Waals surface area (Å²) < 4.78 is 4.97. The van der Waals surface area contributed by atoms with Crippen LogP contribution in [0.4, 0.5) is 0 Å². The van der Waals surface area contributed by atoms with Gasteiger partial charge in [-0.15, -0.1) is 11.3 Å². The summed E-state index contributed by atoms with van der Waals surface area (Å²) in [4.78, 5) is 15.6. The van der Waals surface area contributed by atoms with E-state index in [1.807, 2.05) is 29.5 Å². The molecule has 0 N–H and O–H groups in total. The first kappa shape index (κ1) is 34.3. The number of hydrogen-bond acceptors (Lipinski definition) is 4. The molecule has 3 aromatic heterocycles. The van der Waals surface area contributed by atoms with Crippen molar-refractivity contribution >= 4 is 64.1 Å². The van der Waals surface area contributed by atoms with Crippen molar-refractivity contribution in [2.24, 2.45) is 0 Å². The third kappa shape index (κ3) is 5.78. The van der Waals surface area contributed by atoms with E-state index < -0.39 is 0 Å². The molecule has 12 rings (SSSR count). The fourth-order valence-corrected chi connectivity index (χ4v) is 9.81. The standard InChI is InChI=1S/C55H34N4S/c1-3-13-35(14-4-1)42-27-29-45(50(33-42)59-48-21-11-9-19-43(48)44-20-10-12-22-49(44)59)55-57-53(37-15-5-2-6-16-37)56-54(58-55)38-25-23-36(24-26-38)41-28-30-51-46(32-41)47-31-39-17-7-8-18-40(39)34-52(47)60-51/h1-34H. The minimum atomic E-state index is 0.613. The van der Waals surface area contributed by atoms with Gasteiger partial charge in [-0.3, -0.25) is 0 Å². The number of nitrogens with zero attached hydrogens (tertiary/aromatic N) is 4. The van der Waals surface area contributed by atoms with E-state index >= 15 is 0 Å². The van der Waals surface area contributed by atoms with Crippen molar-refractivity contribution in [2.45, 2.75) is 0 Å². The zero-order valence-electron chi connectivity index (χ0n) is 32.3. The number of aromatic nitrogens is 4. The molecule has 12 aromatic rings. The lowest BCUT2D eigenvalue weighted by Crippen LogP contribution is -2.04. The molecule has 0 aliphatic heterocycles. The number of rotatable bonds is 6. The molecule has 0 bridgehead atoms. The molecule has 0 aliphatic rings. The molecule has 0 amide bonds. The van der Waals surface area contributed by atoms with Crippen molar-refractivity contribution in [2.75, 3.05) is 0 Å². The first-order valence-electron chi connectivity index (χ1n) is 20.2. The van der Waals surface area contributed by atoms with Gasteiger partial charge in [-0.1, -0.05) is 158 Å². The van der Waals surface area contributed by atoms with Crippen molar-refractivity contribution in [3.63, 3.8) is 0 Å². The zero-order chi connectivity index (χ0) is 39.6. The van der Waals surface area contributed by atoms with Gasteiger partial charge >= 0.3 is 0 Å². The Morgan fingerprint density at radius 2 is 0.800 bits per heavy atom. The van der Waals surface area contributed by atoms with Crippen LogP contribution in [-0.2, 0) is 0 Å². The quantitative estimate of drug-likeness (QED) is 0.169. The van der Waals surface area contributed by atoms with Crippen LogP contribution in [-0.4, -0.2) is 19.5 Å². The lowest BCUT2D eigenvalue weighted by molar-refractivity contribution is 1.06. The average molecular weight is 783 g/mol. The maximum atomic E-state index is 5.29. The fraction of sp³-hybridized carbons (Fsp3) is 0. The molecule has 3 heterocycles. The Bertz CT molecular complexity index is 3530. The summed E-state index contributed by atoms with van der Waals surface area (Å²) >= 11 is 1.86. The van der Waals surface area contributed by atoms with Crippen LogP contribution in [0.3, 0.4) is 0 Å². The third-order valence-electron chi connectivity index (χ3n) is 11.6. The van der Waals surface area contributed by atoms with Crippen LogP contribution in [0.25, 0.3) is 115 Å². The van der Waals surface area contributed by atoms with E-state index in [4.69, 9.17) is 15.0 Å². The Labute approximate surface area is 350 Å². The van der Waals surface area contributed by atoms with E-state index in [9.17, 15) is 0 Å². The molecular weight excluding hydrogens is 749 g/mol. The average Bonchev–Trinajstić information content (AvgIpc) is 3.85. The molecule has 0 radical (unpaired) electrons. The summed E-state index contributed by atoms with van der Waals surface area (Å²) in [5.41, 5.74) is 10.6. The largest absolute Gasteiger partial charge is 0.308 e. The molecule has 0 spiro atoms. The summed E-state index contributed by atoms with van der Waals surface area (Å²) in [6, 6.07) is 73.4. The minimum absolute atomic E-state index is 0.613. The number of thiophene rings is 1. The molecule has 60 heavy (non-hydrogen) atoms. The van der Waals surface area contributed by atoms with Gasteiger partial charge in [0.1, 0.15) is 0 Å². The smallest absolute Gasteiger partial charge is 0.166 e. The number of benzene rings is 9. The van der Waals surface area contributed by atoms with Crippen LogP contribution in [0, 0.1) is 0 Å². The van der Waals surface area contributed by atoms with E-state index in [1.54, 1.807) is 0 Å². The summed E-state index contributed by atoms with van der Waals surface area (Å²) in [6.45, 7) is 0. The van der Waals surface area contributed by atoms with Crippen LogP contribution in [0.5, 0.6) is 0 Å². The molecular formula is C55H34N4S. The lowest BCUT2D eigenvalue weighted by Gasteiger charge is -2.16. The lowest BCUT2D eigenvalue weighted by atomic mass is 10.00. The van der Waals surface area contributed by atoms with E-state index in [0.29, 0.717) is 17.5 Å². The van der Waals surface area contributed by atoms with Gasteiger partial charge in [-0.25, -0.2) is 15.0 Å². The van der Waals surface area contributed by atoms with Gasteiger partial charge in [-0.2, -0.15) is 0 Å². The van der Waals surface area contributed by atoms with E-state index in [2.05, 4.69) is 193 Å². The van der Waals surface area contributed by atoms with E-state index in [-0.39, 0.29) is 0 Å². The summed E-state index contributed by atoms with van der Waals surface area (Å²) in [7, 11) is 0. The summed E-state index contributed by atoms with van der Waals surface area (Å²) in [5.74, 6) is 1.86. The number of para-hydroxylation sites is 2. The number of hydrogen-bond donors (Lipinski definition) is 0. The summed E-state index contributed by atoms with van der Waals surface area (Å²) in [6.07, 6.45) is 0. The molecule has 4 nitrogen and oxygen atoms in total. The van der Waals surface area contributed by atoms with Crippen LogP contribution in [0.2, 0.25) is 0 Å².